The van der Waals surface area contributed by atoms with Crippen molar-refractivity contribution < 1.29 is 17.6 Å². The van der Waals surface area contributed by atoms with Crippen LogP contribution in [0.5, 0.6) is 0 Å². The van der Waals surface area contributed by atoms with Crippen LogP contribution in [0.15, 0.2) is 47.4 Å². The van der Waals surface area contributed by atoms with Crippen LogP contribution >= 0.6 is 11.6 Å². The molecule has 0 unspecified atom stereocenters. The van der Waals surface area contributed by atoms with E-state index in [-0.39, 0.29) is 10.5 Å². The largest absolute Gasteiger partial charge is 0.322 e. The van der Waals surface area contributed by atoms with Crippen LogP contribution in [0.2, 0.25) is 5.02 Å². The summed E-state index contributed by atoms with van der Waals surface area (Å²) in [5.74, 6) is -1.54. The molecule has 0 aliphatic carbocycles. The van der Waals surface area contributed by atoms with Gasteiger partial charge in [0, 0.05) is 36.9 Å². The second kappa shape index (κ2) is 8.57. The second-order valence-electron chi connectivity index (χ2n) is 6.44. The maximum absolute atomic E-state index is 14.2. The zero-order valence-electron chi connectivity index (χ0n) is 15.4. The number of carbonyl (C=O) groups excluding carboxylic acids is 1. The van der Waals surface area contributed by atoms with Crippen molar-refractivity contribution in [2.75, 3.05) is 38.0 Å². The summed E-state index contributed by atoms with van der Waals surface area (Å²) in [4.78, 5) is 14.5. The Morgan fingerprint density at radius 3 is 2.50 bits per heavy atom. The molecule has 1 saturated heterocycles. The molecule has 0 spiro atoms. The molecule has 150 valence electrons. The van der Waals surface area contributed by atoms with Crippen LogP contribution in [0.4, 0.5) is 10.1 Å². The van der Waals surface area contributed by atoms with Gasteiger partial charge in [0.25, 0.3) is 5.91 Å². The molecule has 0 atom stereocenters. The fourth-order valence-electron chi connectivity index (χ4n) is 3.04. The molecule has 3 rings (SSSR count). The quantitative estimate of drug-likeness (QED) is 0.799. The lowest BCUT2D eigenvalue weighted by molar-refractivity contribution is 0.102. The van der Waals surface area contributed by atoms with Crippen molar-refractivity contribution in [3.05, 3.63) is 58.9 Å². The van der Waals surface area contributed by atoms with Gasteiger partial charge in [-0.2, -0.15) is 4.31 Å². The summed E-state index contributed by atoms with van der Waals surface area (Å²) in [5.41, 5.74) is 0.0501. The van der Waals surface area contributed by atoms with Crippen LogP contribution in [0.25, 0.3) is 0 Å². The Hall–Kier alpha value is -2.00. The van der Waals surface area contributed by atoms with Gasteiger partial charge in [-0.25, -0.2) is 12.8 Å². The SMILES string of the molecule is CCN1CCN(S(=O)(=O)c2ccc(F)c(C(=O)Nc3cccc(Cl)c3)c2)CC1. The van der Waals surface area contributed by atoms with Crippen LogP contribution < -0.4 is 5.32 Å². The molecule has 0 saturated carbocycles. The second-order valence-corrected chi connectivity index (χ2v) is 8.82. The monoisotopic (exact) mass is 425 g/mol. The van der Waals surface area contributed by atoms with Crippen LogP contribution in [0, 0.1) is 5.82 Å². The predicted molar refractivity (Wildman–Crippen MR) is 107 cm³/mol. The van der Waals surface area contributed by atoms with E-state index in [2.05, 4.69) is 10.2 Å². The normalized spacial score (nSPS) is 16.1. The third-order valence-corrected chi connectivity index (χ3v) is 6.81. The molecule has 0 bridgehead atoms. The molecule has 0 radical (unpaired) electrons. The highest BCUT2D eigenvalue weighted by molar-refractivity contribution is 7.89. The smallest absolute Gasteiger partial charge is 0.258 e. The maximum atomic E-state index is 14.2. The van der Waals surface area contributed by atoms with Gasteiger partial charge in [-0.3, -0.25) is 4.79 Å². The Balaban J connectivity index is 1.83. The number of rotatable bonds is 5. The van der Waals surface area contributed by atoms with E-state index in [0.717, 1.165) is 18.7 Å². The lowest BCUT2D eigenvalue weighted by Gasteiger charge is -2.33. The van der Waals surface area contributed by atoms with Crippen LogP contribution in [-0.4, -0.2) is 56.3 Å². The standard InChI is InChI=1S/C19H21ClFN3O3S/c1-2-23-8-10-24(11-9-23)28(26,27)16-6-7-18(21)17(13-16)19(25)22-15-5-3-4-14(20)12-15/h3-7,12-13H,2,8-11H2,1H3,(H,22,25). The van der Waals surface area contributed by atoms with E-state index in [4.69, 9.17) is 11.6 Å². The van der Waals surface area contributed by atoms with Gasteiger partial charge < -0.3 is 10.2 Å². The number of anilines is 1. The molecule has 28 heavy (non-hydrogen) atoms. The molecule has 1 N–H and O–H groups in total. The van der Waals surface area contributed by atoms with Gasteiger partial charge in [-0.15, -0.1) is 0 Å². The van der Waals surface area contributed by atoms with Crippen molar-refractivity contribution in [3.63, 3.8) is 0 Å². The van der Waals surface area contributed by atoms with Gasteiger partial charge in [-0.1, -0.05) is 24.6 Å². The molecule has 6 nitrogen and oxygen atoms in total. The van der Waals surface area contributed by atoms with Crippen LogP contribution in [-0.2, 0) is 10.0 Å². The topological polar surface area (TPSA) is 69.7 Å². The minimum Gasteiger partial charge on any atom is -0.322 e. The number of hydrogen-bond donors (Lipinski definition) is 1. The fourth-order valence-corrected chi connectivity index (χ4v) is 4.68. The summed E-state index contributed by atoms with van der Waals surface area (Å²) < 4.78 is 41.4. The van der Waals surface area contributed by atoms with Gasteiger partial charge in [0.15, 0.2) is 0 Å². The number of amides is 1. The molecule has 1 aliphatic heterocycles. The van der Waals surface area contributed by atoms with E-state index in [1.807, 2.05) is 6.92 Å². The number of hydrogen-bond acceptors (Lipinski definition) is 4. The van der Waals surface area contributed by atoms with Gasteiger partial charge in [-0.05, 0) is 42.9 Å². The summed E-state index contributed by atoms with van der Waals surface area (Å²) in [6.45, 7) is 4.88. The number of halogens is 2. The summed E-state index contributed by atoms with van der Waals surface area (Å²) in [7, 11) is -3.81. The van der Waals surface area contributed by atoms with E-state index in [1.54, 1.807) is 18.2 Å². The van der Waals surface area contributed by atoms with Gasteiger partial charge in [0.05, 0.1) is 10.5 Å². The zero-order chi connectivity index (χ0) is 20.3. The number of sulfonamides is 1. The van der Waals surface area contributed by atoms with Gasteiger partial charge in [0.1, 0.15) is 5.82 Å². The molecule has 1 aliphatic rings. The third-order valence-electron chi connectivity index (χ3n) is 4.68. The number of likely N-dealkylation sites (N-methyl/N-ethyl adjacent to an activating group) is 1. The molecule has 0 aromatic heterocycles. The van der Waals surface area contributed by atoms with Crippen molar-refractivity contribution in [1.29, 1.82) is 0 Å². The summed E-state index contributed by atoms with van der Waals surface area (Å²) >= 11 is 5.88. The predicted octanol–water partition coefficient (Wildman–Crippen LogP) is 3.06. The molecular formula is C19H21ClFN3O3S. The Kier molecular flexibility index (Phi) is 6.34. The number of nitrogens with one attached hydrogen (secondary N) is 1. The van der Waals surface area contributed by atoms with E-state index < -0.39 is 21.7 Å². The molecule has 1 amide bonds. The number of carbonyl (C=O) groups is 1. The lowest BCUT2D eigenvalue weighted by Crippen LogP contribution is -2.48. The number of benzene rings is 2. The number of nitrogens with zero attached hydrogens (tertiary/aromatic N) is 2. The maximum Gasteiger partial charge on any atom is 0.258 e. The van der Waals surface area contributed by atoms with Crippen molar-refractivity contribution in [2.45, 2.75) is 11.8 Å². The first-order chi connectivity index (χ1) is 13.3. The minimum absolute atomic E-state index is 0.102. The third kappa shape index (κ3) is 4.52. The van der Waals surface area contributed by atoms with Gasteiger partial charge in [0.2, 0.25) is 10.0 Å². The summed E-state index contributed by atoms with van der Waals surface area (Å²) in [6, 6.07) is 9.68. The molecular weight excluding hydrogens is 405 g/mol. The first kappa shape index (κ1) is 20.7. The van der Waals surface area contributed by atoms with Gasteiger partial charge >= 0.3 is 0 Å². The van der Waals surface area contributed by atoms with E-state index in [9.17, 15) is 17.6 Å². The Morgan fingerprint density at radius 2 is 1.86 bits per heavy atom. The van der Waals surface area contributed by atoms with Crippen LogP contribution in [0.3, 0.4) is 0 Å². The Labute approximate surface area is 168 Å². The Bertz CT molecular complexity index is 976. The first-order valence-electron chi connectivity index (χ1n) is 8.90. The highest BCUT2D eigenvalue weighted by Gasteiger charge is 2.29. The van der Waals surface area contributed by atoms with E-state index in [0.29, 0.717) is 36.9 Å². The first-order valence-corrected chi connectivity index (χ1v) is 10.7. The fraction of sp³-hybridized carbons (Fsp3) is 0.316. The van der Waals surface area contributed by atoms with Crippen molar-refractivity contribution >= 4 is 33.2 Å². The molecule has 2 aromatic carbocycles. The minimum atomic E-state index is -3.81. The highest BCUT2D eigenvalue weighted by Crippen LogP contribution is 2.22. The highest BCUT2D eigenvalue weighted by atomic mass is 35.5. The average molecular weight is 426 g/mol. The molecule has 1 heterocycles. The number of piperazine rings is 1. The lowest BCUT2D eigenvalue weighted by atomic mass is 10.2. The zero-order valence-corrected chi connectivity index (χ0v) is 16.9. The van der Waals surface area contributed by atoms with Crippen molar-refractivity contribution in [2.24, 2.45) is 0 Å². The molecule has 1 fully saturated rings. The average Bonchev–Trinajstić information content (AvgIpc) is 2.68. The van der Waals surface area contributed by atoms with Crippen molar-refractivity contribution in [1.82, 2.24) is 9.21 Å². The Morgan fingerprint density at radius 1 is 1.14 bits per heavy atom. The van der Waals surface area contributed by atoms with E-state index in [1.165, 1.54) is 16.4 Å². The van der Waals surface area contributed by atoms with Crippen molar-refractivity contribution in [3.8, 4) is 0 Å². The van der Waals surface area contributed by atoms with Crippen LogP contribution in [0.1, 0.15) is 17.3 Å². The summed E-state index contributed by atoms with van der Waals surface area (Å²) in [6.07, 6.45) is 0. The van der Waals surface area contributed by atoms with E-state index >= 15 is 0 Å². The summed E-state index contributed by atoms with van der Waals surface area (Å²) in [5, 5.41) is 2.95. The molecule has 2 aromatic rings. The molecule has 9 heteroatoms.